The van der Waals surface area contributed by atoms with Gasteiger partial charge in [-0.25, -0.2) is 0 Å². The average Bonchev–Trinajstić information content (AvgIpc) is 2.53. The third-order valence-corrected chi connectivity index (χ3v) is 7.98. The maximum atomic E-state index is 12.7. The first-order valence-electron chi connectivity index (χ1n) is 9.93. The normalized spacial score (nSPS) is 47.5. The summed E-state index contributed by atoms with van der Waals surface area (Å²) in [5, 5.41) is 0. The van der Waals surface area contributed by atoms with Crippen LogP contribution in [0.15, 0.2) is 12.7 Å². The van der Waals surface area contributed by atoms with Crippen LogP contribution in [0, 0.1) is 22.7 Å². The number of ether oxygens (including phenoxy) is 2. The minimum Gasteiger partial charge on any atom is -0.459 e. The molecule has 3 fully saturated rings. The lowest BCUT2D eigenvalue weighted by molar-refractivity contribution is -0.290. The molecule has 3 rings (SSSR count). The number of rotatable bonds is 2. The Labute approximate surface area is 157 Å². The molecule has 4 heteroatoms. The Kier molecular flexibility index (Phi) is 4.46. The maximum Gasteiger partial charge on any atom is 0.303 e. The summed E-state index contributed by atoms with van der Waals surface area (Å²) in [6.45, 7) is 16.1. The second-order valence-corrected chi connectivity index (χ2v) is 9.93. The van der Waals surface area contributed by atoms with Gasteiger partial charge in [0.1, 0.15) is 17.5 Å². The zero-order valence-electron chi connectivity index (χ0n) is 17.2. The molecule has 2 aliphatic carbocycles. The van der Waals surface area contributed by atoms with E-state index in [9.17, 15) is 9.59 Å². The first kappa shape index (κ1) is 19.6. The summed E-state index contributed by atoms with van der Waals surface area (Å²) in [6, 6.07) is 0. The van der Waals surface area contributed by atoms with Crippen LogP contribution in [0.2, 0.25) is 0 Å². The van der Waals surface area contributed by atoms with E-state index < -0.39 is 16.6 Å². The van der Waals surface area contributed by atoms with Gasteiger partial charge in [0.05, 0.1) is 5.60 Å². The molecule has 146 valence electrons. The predicted octanol–water partition coefficient (Wildman–Crippen LogP) is 4.46. The van der Waals surface area contributed by atoms with E-state index in [1.165, 1.54) is 6.92 Å². The molecule has 4 nitrogen and oxygen atoms in total. The summed E-state index contributed by atoms with van der Waals surface area (Å²) in [4.78, 5) is 24.5. The largest absolute Gasteiger partial charge is 0.459 e. The van der Waals surface area contributed by atoms with Gasteiger partial charge in [0, 0.05) is 18.8 Å². The summed E-state index contributed by atoms with van der Waals surface area (Å²) in [5.41, 5.74) is -1.36. The Morgan fingerprint density at radius 3 is 2.42 bits per heavy atom. The molecule has 0 bridgehead atoms. The molecule has 0 aromatic carbocycles. The van der Waals surface area contributed by atoms with Crippen molar-refractivity contribution in [3.05, 3.63) is 12.7 Å². The quantitative estimate of drug-likeness (QED) is 0.537. The summed E-state index contributed by atoms with van der Waals surface area (Å²) < 4.78 is 12.5. The highest BCUT2D eigenvalue weighted by atomic mass is 16.6. The second-order valence-electron chi connectivity index (χ2n) is 9.93. The number of Topliss-reactive ketones (excluding diaryl/α,β-unsaturated/α-hetero) is 1. The van der Waals surface area contributed by atoms with E-state index in [1.54, 1.807) is 0 Å². The van der Waals surface area contributed by atoms with Crippen LogP contribution in [0.25, 0.3) is 0 Å². The molecule has 0 aromatic heterocycles. The van der Waals surface area contributed by atoms with Crippen molar-refractivity contribution in [2.75, 3.05) is 0 Å². The molecule has 0 aromatic rings. The number of ketones is 1. The van der Waals surface area contributed by atoms with Crippen LogP contribution >= 0.6 is 0 Å². The molecule has 3 aliphatic rings. The van der Waals surface area contributed by atoms with Gasteiger partial charge in [0.15, 0.2) is 0 Å². The molecule has 1 saturated heterocycles. The Bertz CT molecular complexity index is 638. The van der Waals surface area contributed by atoms with E-state index in [1.807, 2.05) is 6.08 Å². The highest BCUT2D eigenvalue weighted by molar-refractivity contribution is 5.85. The first-order chi connectivity index (χ1) is 11.9. The average molecular weight is 363 g/mol. The highest BCUT2D eigenvalue weighted by Gasteiger charge is 2.67. The van der Waals surface area contributed by atoms with Gasteiger partial charge in [-0.05, 0) is 56.8 Å². The lowest BCUT2D eigenvalue weighted by atomic mass is 9.43. The molecule has 2 saturated carbocycles. The fourth-order valence-corrected chi connectivity index (χ4v) is 6.45. The Balaban J connectivity index is 2.08. The van der Waals surface area contributed by atoms with Crippen molar-refractivity contribution in [2.45, 2.75) is 91.0 Å². The molecule has 6 atom stereocenters. The number of carbonyl (C=O) groups excluding carboxylic acids is 2. The third-order valence-electron chi connectivity index (χ3n) is 7.98. The molecule has 26 heavy (non-hydrogen) atoms. The van der Waals surface area contributed by atoms with Crippen LogP contribution in [-0.4, -0.2) is 29.1 Å². The molecule has 0 unspecified atom stereocenters. The molecular weight excluding hydrogens is 328 g/mol. The van der Waals surface area contributed by atoms with E-state index in [2.05, 4.69) is 41.2 Å². The molecule has 1 heterocycles. The summed E-state index contributed by atoms with van der Waals surface area (Å²) >= 11 is 0. The van der Waals surface area contributed by atoms with Gasteiger partial charge in [-0.3, -0.25) is 9.59 Å². The van der Waals surface area contributed by atoms with Crippen molar-refractivity contribution in [3.8, 4) is 0 Å². The maximum absolute atomic E-state index is 12.7. The van der Waals surface area contributed by atoms with Crippen LogP contribution in [-0.2, 0) is 19.1 Å². The van der Waals surface area contributed by atoms with Gasteiger partial charge >= 0.3 is 5.97 Å². The lowest BCUT2D eigenvalue weighted by Crippen LogP contribution is -2.69. The SMILES string of the molecule is C=C[C@@]1(C)CC[C@@H]2[C@]3(C)CCC(=O)C(C)(C)[C@H]3C[C@@H](OC(C)=O)[C@]2(C)O1. The Hall–Kier alpha value is -1.16. The van der Waals surface area contributed by atoms with Crippen molar-refractivity contribution < 1.29 is 19.1 Å². The number of hydrogen-bond acceptors (Lipinski definition) is 4. The van der Waals surface area contributed by atoms with Gasteiger partial charge in [-0.1, -0.05) is 26.8 Å². The van der Waals surface area contributed by atoms with Gasteiger partial charge in [0.25, 0.3) is 0 Å². The minimum absolute atomic E-state index is 0.00527. The first-order valence-corrected chi connectivity index (χ1v) is 9.93. The monoisotopic (exact) mass is 362 g/mol. The number of fused-ring (bicyclic) bond motifs is 3. The van der Waals surface area contributed by atoms with Gasteiger partial charge in [-0.15, -0.1) is 6.58 Å². The fourth-order valence-electron chi connectivity index (χ4n) is 6.45. The van der Waals surface area contributed by atoms with Gasteiger partial charge < -0.3 is 9.47 Å². The van der Waals surface area contributed by atoms with Crippen molar-refractivity contribution in [1.82, 2.24) is 0 Å². The lowest BCUT2D eigenvalue weighted by Gasteiger charge is -2.66. The fraction of sp³-hybridized carbons (Fsp3) is 0.818. The molecule has 0 spiro atoms. The van der Waals surface area contributed by atoms with Crippen molar-refractivity contribution >= 4 is 11.8 Å². The molecule has 0 radical (unpaired) electrons. The standard InChI is InChI=1S/C22H34O4/c1-8-20(5)11-9-15-21(6)12-10-17(24)19(3,4)16(21)13-18(25-14(2)23)22(15,7)26-20/h8,15-16,18H,1,9-13H2,2-7H3/t15-,16-,18-,20+,21+,22-/m1/s1. The summed E-state index contributed by atoms with van der Waals surface area (Å²) in [7, 11) is 0. The Morgan fingerprint density at radius 2 is 1.85 bits per heavy atom. The third kappa shape index (κ3) is 2.67. The van der Waals surface area contributed by atoms with Crippen molar-refractivity contribution in [3.63, 3.8) is 0 Å². The Morgan fingerprint density at radius 1 is 1.19 bits per heavy atom. The molecule has 0 N–H and O–H groups in total. The molecule has 0 amide bonds. The number of hydrogen-bond donors (Lipinski definition) is 0. The summed E-state index contributed by atoms with van der Waals surface area (Å²) in [6.07, 6.45) is 5.63. The highest BCUT2D eigenvalue weighted by Crippen LogP contribution is 2.65. The van der Waals surface area contributed by atoms with E-state index in [0.717, 1.165) is 19.3 Å². The summed E-state index contributed by atoms with van der Waals surface area (Å²) in [5.74, 6) is 0.486. The van der Waals surface area contributed by atoms with E-state index in [-0.39, 0.29) is 29.3 Å². The van der Waals surface area contributed by atoms with Crippen LogP contribution in [0.5, 0.6) is 0 Å². The van der Waals surface area contributed by atoms with E-state index >= 15 is 0 Å². The van der Waals surface area contributed by atoms with Gasteiger partial charge in [-0.2, -0.15) is 0 Å². The molecular formula is C22H34O4. The van der Waals surface area contributed by atoms with Crippen LogP contribution in [0.1, 0.15) is 73.6 Å². The topological polar surface area (TPSA) is 52.6 Å². The van der Waals surface area contributed by atoms with Crippen molar-refractivity contribution in [2.24, 2.45) is 22.7 Å². The minimum atomic E-state index is -0.561. The van der Waals surface area contributed by atoms with E-state index in [4.69, 9.17) is 9.47 Å². The zero-order valence-corrected chi connectivity index (χ0v) is 17.2. The van der Waals surface area contributed by atoms with Gasteiger partial charge in [0.2, 0.25) is 0 Å². The van der Waals surface area contributed by atoms with Crippen LogP contribution in [0.4, 0.5) is 0 Å². The number of esters is 1. The smallest absolute Gasteiger partial charge is 0.303 e. The van der Waals surface area contributed by atoms with Crippen LogP contribution in [0.3, 0.4) is 0 Å². The second kappa shape index (κ2) is 5.92. The van der Waals surface area contributed by atoms with Crippen molar-refractivity contribution in [1.29, 1.82) is 0 Å². The van der Waals surface area contributed by atoms with Crippen LogP contribution < -0.4 is 0 Å². The van der Waals surface area contributed by atoms with E-state index in [0.29, 0.717) is 18.6 Å². The zero-order chi connectivity index (χ0) is 19.5. The number of carbonyl (C=O) groups is 2. The molecule has 1 aliphatic heterocycles. The predicted molar refractivity (Wildman–Crippen MR) is 101 cm³/mol.